The lowest BCUT2D eigenvalue weighted by Crippen LogP contribution is -3.00. The highest BCUT2D eigenvalue weighted by Crippen LogP contribution is 1.85. The fraction of sp³-hybridized carbons (Fsp3) is 0.308. The lowest BCUT2D eigenvalue weighted by Gasteiger charge is -1.91. The molecule has 0 radical (unpaired) electrons. The Morgan fingerprint density at radius 1 is 0.941 bits per heavy atom. The van der Waals surface area contributed by atoms with Crippen LogP contribution >= 0.6 is 0 Å². The van der Waals surface area contributed by atoms with Gasteiger partial charge >= 0.3 is 0 Å². The Hall–Kier alpha value is -1.48. The first-order chi connectivity index (χ1) is 7.93. The van der Waals surface area contributed by atoms with Crippen LogP contribution in [0.15, 0.2) is 55.4 Å². The summed E-state index contributed by atoms with van der Waals surface area (Å²) in [6.07, 6.45) is 11.6. The van der Waals surface area contributed by atoms with E-state index in [0.29, 0.717) is 0 Å². The molecule has 17 heavy (non-hydrogen) atoms. The van der Waals surface area contributed by atoms with Crippen LogP contribution in [0.3, 0.4) is 0 Å². The van der Waals surface area contributed by atoms with E-state index in [1.807, 2.05) is 6.07 Å². The fourth-order valence-corrected chi connectivity index (χ4v) is 1.18. The van der Waals surface area contributed by atoms with Crippen LogP contribution in [0.2, 0.25) is 0 Å². The number of nitrogens with zero attached hydrogens (tertiary/aromatic N) is 3. The van der Waals surface area contributed by atoms with Crippen molar-refractivity contribution >= 4 is 0 Å². The molecule has 92 valence electrons. The highest BCUT2D eigenvalue weighted by molar-refractivity contribution is 4.83. The first-order valence-electron chi connectivity index (χ1n) is 5.57. The van der Waals surface area contributed by atoms with E-state index >= 15 is 0 Å². The molecule has 0 saturated heterocycles. The number of hydrogen-bond donors (Lipinski definition) is 0. The van der Waals surface area contributed by atoms with E-state index in [0.717, 1.165) is 6.54 Å². The highest BCUT2D eigenvalue weighted by Gasteiger charge is 1.93. The molecular weight excluding hydrogens is 234 g/mol. The van der Waals surface area contributed by atoms with Crippen molar-refractivity contribution in [3.05, 3.63) is 55.4 Å². The minimum Gasteiger partial charge on any atom is -1.00 e. The van der Waals surface area contributed by atoms with Crippen LogP contribution in [0, 0.1) is 0 Å². The van der Waals surface area contributed by atoms with Gasteiger partial charge in [-0.15, -0.1) is 0 Å². The second-order valence-electron chi connectivity index (χ2n) is 3.37. The van der Waals surface area contributed by atoms with Gasteiger partial charge in [0, 0.05) is 30.9 Å². The summed E-state index contributed by atoms with van der Waals surface area (Å²) in [5.74, 6) is 0. The van der Waals surface area contributed by atoms with Crippen molar-refractivity contribution in [2.75, 3.05) is 0 Å². The summed E-state index contributed by atoms with van der Waals surface area (Å²) in [4.78, 5) is 7.35. The SMILES string of the molecule is CCCC[n+]1ccccc1.[Cl-].c1cncnc1. The molecular formula is C13H18ClN3. The van der Waals surface area contributed by atoms with Gasteiger partial charge in [0.2, 0.25) is 0 Å². The predicted molar refractivity (Wildman–Crippen MR) is 63.6 cm³/mol. The zero-order valence-electron chi connectivity index (χ0n) is 10.0. The van der Waals surface area contributed by atoms with Crippen molar-refractivity contribution in [2.24, 2.45) is 0 Å². The molecule has 0 aliphatic rings. The Morgan fingerprint density at radius 2 is 1.59 bits per heavy atom. The Labute approximate surface area is 109 Å². The van der Waals surface area contributed by atoms with Gasteiger partial charge in [-0.05, 0) is 6.07 Å². The Morgan fingerprint density at radius 3 is 2.00 bits per heavy atom. The van der Waals surface area contributed by atoms with Gasteiger partial charge in [-0.2, -0.15) is 0 Å². The van der Waals surface area contributed by atoms with Crippen LogP contribution in [0.4, 0.5) is 0 Å². The second kappa shape index (κ2) is 11.0. The molecule has 2 aromatic rings. The van der Waals surface area contributed by atoms with Crippen molar-refractivity contribution in [3.8, 4) is 0 Å². The predicted octanol–water partition coefficient (Wildman–Crippen LogP) is -0.745. The highest BCUT2D eigenvalue weighted by atomic mass is 35.5. The third kappa shape index (κ3) is 8.34. The fourth-order valence-electron chi connectivity index (χ4n) is 1.18. The standard InChI is InChI=1S/C9H14N.C4H4N2.ClH/c1-2-3-7-10-8-5-4-6-9-10;1-2-5-4-6-3-1;/h4-6,8-9H,2-3,7H2,1H3;1-4H;1H/q+1;;/p-1. The maximum atomic E-state index is 3.67. The van der Waals surface area contributed by atoms with Crippen LogP contribution in [0.1, 0.15) is 19.8 Å². The zero-order chi connectivity index (χ0) is 11.5. The molecule has 0 aliphatic heterocycles. The third-order valence-electron chi connectivity index (χ3n) is 2.02. The van der Waals surface area contributed by atoms with Gasteiger partial charge in [-0.3, -0.25) is 0 Å². The summed E-state index contributed by atoms with van der Waals surface area (Å²) in [5, 5.41) is 0. The number of unbranched alkanes of at least 4 members (excludes halogenated alkanes) is 1. The number of pyridine rings is 1. The molecule has 4 heteroatoms. The molecule has 2 aromatic heterocycles. The number of halogens is 1. The van der Waals surface area contributed by atoms with Crippen LogP contribution < -0.4 is 17.0 Å². The first kappa shape index (κ1) is 15.5. The lowest BCUT2D eigenvalue weighted by molar-refractivity contribution is -0.697. The summed E-state index contributed by atoms with van der Waals surface area (Å²) in [5.41, 5.74) is 0. The van der Waals surface area contributed by atoms with Gasteiger partial charge in [0.25, 0.3) is 0 Å². The van der Waals surface area contributed by atoms with E-state index < -0.39 is 0 Å². The lowest BCUT2D eigenvalue weighted by atomic mass is 10.3. The third-order valence-corrected chi connectivity index (χ3v) is 2.02. The number of aryl methyl sites for hydroxylation is 1. The van der Waals surface area contributed by atoms with Crippen molar-refractivity contribution < 1.29 is 17.0 Å². The van der Waals surface area contributed by atoms with E-state index in [9.17, 15) is 0 Å². The van der Waals surface area contributed by atoms with E-state index in [1.54, 1.807) is 18.5 Å². The molecule has 0 aromatic carbocycles. The average Bonchev–Trinajstić information content (AvgIpc) is 2.40. The molecule has 0 amide bonds. The molecule has 0 fully saturated rings. The molecule has 0 N–H and O–H groups in total. The normalized spacial score (nSPS) is 8.53. The largest absolute Gasteiger partial charge is 1.00 e. The zero-order valence-corrected chi connectivity index (χ0v) is 10.8. The average molecular weight is 252 g/mol. The maximum absolute atomic E-state index is 3.67. The second-order valence-corrected chi connectivity index (χ2v) is 3.37. The Bertz CT molecular complexity index is 327. The van der Waals surface area contributed by atoms with Gasteiger partial charge in [-0.1, -0.05) is 19.4 Å². The number of rotatable bonds is 3. The molecule has 3 nitrogen and oxygen atoms in total. The molecule has 0 aliphatic carbocycles. The summed E-state index contributed by atoms with van der Waals surface area (Å²) < 4.78 is 2.21. The quantitative estimate of drug-likeness (QED) is 0.673. The van der Waals surface area contributed by atoms with Crippen molar-refractivity contribution in [1.82, 2.24) is 9.97 Å². The van der Waals surface area contributed by atoms with Gasteiger partial charge in [0.05, 0.1) is 0 Å². The molecule has 0 atom stereocenters. The molecule has 2 rings (SSSR count). The van der Waals surface area contributed by atoms with Gasteiger partial charge in [0.15, 0.2) is 12.4 Å². The van der Waals surface area contributed by atoms with Gasteiger partial charge in [0.1, 0.15) is 12.9 Å². The molecule has 0 unspecified atom stereocenters. The van der Waals surface area contributed by atoms with E-state index in [-0.39, 0.29) is 12.4 Å². The smallest absolute Gasteiger partial charge is 0.168 e. The topological polar surface area (TPSA) is 29.7 Å². The summed E-state index contributed by atoms with van der Waals surface area (Å²) >= 11 is 0. The monoisotopic (exact) mass is 251 g/mol. The van der Waals surface area contributed by atoms with Crippen molar-refractivity contribution in [3.63, 3.8) is 0 Å². The van der Waals surface area contributed by atoms with Gasteiger partial charge < -0.3 is 12.4 Å². The Kier molecular flexibility index (Phi) is 10.1. The van der Waals surface area contributed by atoms with Crippen LogP contribution in [-0.2, 0) is 6.54 Å². The van der Waals surface area contributed by atoms with Crippen LogP contribution in [-0.4, -0.2) is 9.97 Å². The van der Waals surface area contributed by atoms with E-state index in [1.165, 1.54) is 19.2 Å². The van der Waals surface area contributed by atoms with Crippen LogP contribution in [0.25, 0.3) is 0 Å². The first-order valence-corrected chi connectivity index (χ1v) is 5.57. The molecule has 0 saturated carbocycles. The molecule has 0 spiro atoms. The van der Waals surface area contributed by atoms with Crippen molar-refractivity contribution in [2.45, 2.75) is 26.3 Å². The summed E-state index contributed by atoms with van der Waals surface area (Å²) in [6, 6.07) is 7.95. The minimum absolute atomic E-state index is 0. The number of hydrogen-bond acceptors (Lipinski definition) is 2. The van der Waals surface area contributed by atoms with E-state index in [2.05, 4.69) is 46.0 Å². The number of aromatic nitrogens is 3. The maximum Gasteiger partial charge on any atom is 0.168 e. The molecule has 2 heterocycles. The summed E-state index contributed by atoms with van der Waals surface area (Å²) in [6.45, 7) is 3.36. The Balaban J connectivity index is 0.000000316. The van der Waals surface area contributed by atoms with Crippen molar-refractivity contribution in [1.29, 1.82) is 0 Å². The molecule has 0 bridgehead atoms. The summed E-state index contributed by atoms with van der Waals surface area (Å²) in [7, 11) is 0. The van der Waals surface area contributed by atoms with E-state index in [4.69, 9.17) is 0 Å². The van der Waals surface area contributed by atoms with Gasteiger partial charge in [-0.25, -0.2) is 14.5 Å². The van der Waals surface area contributed by atoms with Crippen LogP contribution in [0.5, 0.6) is 0 Å². The minimum atomic E-state index is 0.